The van der Waals surface area contributed by atoms with E-state index in [1.54, 1.807) is 9.80 Å². The van der Waals surface area contributed by atoms with Crippen molar-refractivity contribution in [2.45, 2.75) is 70.4 Å². The number of hydrogen-bond acceptors (Lipinski definition) is 5. The van der Waals surface area contributed by atoms with E-state index in [9.17, 15) is 14.4 Å². The van der Waals surface area contributed by atoms with Crippen LogP contribution >= 0.6 is 0 Å². The number of carbonyl (C=O) groups excluding carboxylic acids is 3. The van der Waals surface area contributed by atoms with E-state index in [0.29, 0.717) is 45.5 Å². The second-order valence-corrected chi connectivity index (χ2v) is 9.69. The highest BCUT2D eigenvalue weighted by atomic mass is 16.7. The zero-order valence-corrected chi connectivity index (χ0v) is 19.0. The summed E-state index contributed by atoms with van der Waals surface area (Å²) in [5, 5.41) is 4.46. The quantitative estimate of drug-likeness (QED) is 0.754. The molecule has 4 rings (SSSR count). The second kappa shape index (κ2) is 8.97. The summed E-state index contributed by atoms with van der Waals surface area (Å²) in [6.45, 7) is 7.24. The number of ether oxygens (including phenoxy) is 1. The number of urea groups is 1. The normalized spacial score (nSPS) is 25.3. The number of piperidine rings is 1. The molecule has 1 N–H and O–H groups in total. The first-order valence-electron chi connectivity index (χ1n) is 11.3. The Hall–Kier alpha value is -2.81. The van der Waals surface area contributed by atoms with Crippen LogP contribution in [0.5, 0.6) is 0 Å². The average Bonchev–Trinajstić information content (AvgIpc) is 3.30. The lowest BCUT2D eigenvalue weighted by Crippen LogP contribution is -2.52. The molecule has 3 aliphatic heterocycles. The van der Waals surface area contributed by atoms with Gasteiger partial charge in [-0.25, -0.2) is 9.59 Å². The van der Waals surface area contributed by atoms with E-state index in [1.165, 1.54) is 5.06 Å². The molecule has 1 aromatic carbocycles. The maximum atomic E-state index is 13.0. The fraction of sp³-hybridized carbons (Fsp3) is 0.609. The Labute approximate surface area is 188 Å². The molecule has 3 atom stereocenters. The lowest BCUT2D eigenvalue weighted by atomic mass is 10.00. The minimum atomic E-state index is -0.554. The molecule has 0 spiro atoms. The molecule has 0 unspecified atom stereocenters. The van der Waals surface area contributed by atoms with E-state index < -0.39 is 11.6 Å². The summed E-state index contributed by atoms with van der Waals surface area (Å²) < 4.78 is 5.41. The van der Waals surface area contributed by atoms with Crippen molar-refractivity contribution in [3.63, 3.8) is 0 Å². The van der Waals surface area contributed by atoms with E-state index in [-0.39, 0.29) is 30.1 Å². The Morgan fingerprint density at radius 3 is 2.56 bits per heavy atom. The summed E-state index contributed by atoms with van der Waals surface area (Å²) in [6.07, 6.45) is 1.61. The molecule has 9 nitrogen and oxygen atoms in total. The van der Waals surface area contributed by atoms with Crippen LogP contribution in [0.15, 0.2) is 30.3 Å². The summed E-state index contributed by atoms with van der Waals surface area (Å²) in [6, 6.07) is 8.74. The third kappa shape index (κ3) is 4.98. The Balaban J connectivity index is 1.29. The lowest BCUT2D eigenvalue weighted by molar-refractivity contribution is -0.140. The van der Waals surface area contributed by atoms with Crippen molar-refractivity contribution in [2.24, 2.45) is 0 Å². The van der Waals surface area contributed by atoms with Gasteiger partial charge < -0.3 is 19.9 Å². The van der Waals surface area contributed by atoms with Crippen LogP contribution in [0.4, 0.5) is 9.59 Å². The van der Waals surface area contributed by atoms with Crippen LogP contribution in [0.25, 0.3) is 0 Å². The first-order valence-corrected chi connectivity index (χ1v) is 11.3. The highest BCUT2D eigenvalue weighted by Gasteiger charge is 2.48. The van der Waals surface area contributed by atoms with Gasteiger partial charge in [0.05, 0.1) is 6.04 Å². The standard InChI is InChI=1S/C23H32N4O5/c1-23(2,3)32-22(30)25-12-11-17(13-25)24-20(28)19-10-9-18-14-26(19)21(29)27(18)31-15-16-7-5-4-6-8-16/h4-8,17-19H,9-15H2,1-3H3,(H,24,28)/t17-,18-,19+/m1/s1. The van der Waals surface area contributed by atoms with Gasteiger partial charge in [-0.15, -0.1) is 0 Å². The smallest absolute Gasteiger partial charge is 0.410 e. The number of carbonyl (C=O) groups is 3. The third-order valence-corrected chi connectivity index (χ3v) is 6.02. The van der Waals surface area contributed by atoms with Crippen LogP contribution < -0.4 is 5.32 Å². The number of nitrogens with zero attached hydrogens (tertiary/aromatic N) is 3. The number of rotatable bonds is 5. The van der Waals surface area contributed by atoms with E-state index in [4.69, 9.17) is 9.57 Å². The van der Waals surface area contributed by atoms with Crippen molar-refractivity contribution in [3.05, 3.63) is 35.9 Å². The van der Waals surface area contributed by atoms with Gasteiger partial charge in [0.1, 0.15) is 18.2 Å². The molecule has 32 heavy (non-hydrogen) atoms. The summed E-state index contributed by atoms with van der Waals surface area (Å²) in [4.78, 5) is 47.2. The minimum Gasteiger partial charge on any atom is -0.444 e. The molecule has 0 saturated carbocycles. The number of fused-ring (bicyclic) bond motifs is 2. The van der Waals surface area contributed by atoms with Crippen LogP contribution in [0, 0.1) is 0 Å². The number of nitrogens with one attached hydrogen (secondary N) is 1. The molecule has 174 valence electrons. The predicted molar refractivity (Wildman–Crippen MR) is 116 cm³/mol. The van der Waals surface area contributed by atoms with E-state index >= 15 is 0 Å². The molecular weight excluding hydrogens is 412 g/mol. The third-order valence-electron chi connectivity index (χ3n) is 6.02. The molecule has 3 saturated heterocycles. The molecule has 0 radical (unpaired) electrons. The van der Waals surface area contributed by atoms with E-state index in [2.05, 4.69) is 5.32 Å². The highest BCUT2D eigenvalue weighted by Crippen LogP contribution is 2.31. The van der Waals surface area contributed by atoms with Gasteiger partial charge in [0.25, 0.3) is 0 Å². The van der Waals surface area contributed by atoms with Gasteiger partial charge in [-0.2, -0.15) is 5.06 Å². The van der Waals surface area contributed by atoms with Crippen molar-refractivity contribution < 1.29 is 24.0 Å². The molecular formula is C23H32N4O5. The Morgan fingerprint density at radius 1 is 1.09 bits per heavy atom. The van der Waals surface area contributed by atoms with Gasteiger partial charge in [0, 0.05) is 25.7 Å². The molecule has 9 heteroatoms. The molecule has 2 bridgehead atoms. The number of hydrogen-bond donors (Lipinski definition) is 1. The van der Waals surface area contributed by atoms with E-state index in [1.807, 2.05) is 51.1 Å². The fourth-order valence-electron chi connectivity index (χ4n) is 4.46. The zero-order valence-electron chi connectivity index (χ0n) is 19.0. The van der Waals surface area contributed by atoms with Gasteiger partial charge in [0.2, 0.25) is 5.91 Å². The average molecular weight is 445 g/mol. The number of likely N-dealkylation sites (tertiary alicyclic amines) is 1. The summed E-state index contributed by atoms with van der Waals surface area (Å²) in [5.74, 6) is -0.169. The monoisotopic (exact) mass is 444 g/mol. The van der Waals surface area contributed by atoms with Crippen molar-refractivity contribution in [1.29, 1.82) is 0 Å². The highest BCUT2D eigenvalue weighted by molar-refractivity contribution is 5.88. The van der Waals surface area contributed by atoms with Crippen molar-refractivity contribution >= 4 is 18.0 Å². The Morgan fingerprint density at radius 2 is 1.84 bits per heavy atom. The predicted octanol–water partition coefficient (Wildman–Crippen LogP) is 2.51. The summed E-state index contributed by atoms with van der Waals surface area (Å²) in [5.41, 5.74) is 0.434. The maximum Gasteiger partial charge on any atom is 0.410 e. The van der Waals surface area contributed by atoms with Gasteiger partial charge in [-0.05, 0) is 45.6 Å². The number of benzene rings is 1. The van der Waals surface area contributed by atoms with Crippen LogP contribution in [0.1, 0.15) is 45.6 Å². The fourth-order valence-corrected chi connectivity index (χ4v) is 4.46. The van der Waals surface area contributed by atoms with Crippen LogP contribution in [0.3, 0.4) is 0 Å². The maximum absolute atomic E-state index is 13.0. The molecule has 4 amide bonds. The van der Waals surface area contributed by atoms with Gasteiger partial charge in [0.15, 0.2) is 0 Å². The lowest BCUT2D eigenvalue weighted by Gasteiger charge is -2.30. The van der Waals surface area contributed by atoms with Crippen LogP contribution in [-0.2, 0) is 21.0 Å². The molecule has 1 aromatic rings. The van der Waals surface area contributed by atoms with Gasteiger partial charge in [-0.1, -0.05) is 30.3 Å². The van der Waals surface area contributed by atoms with Gasteiger partial charge in [-0.3, -0.25) is 9.63 Å². The SMILES string of the molecule is CC(C)(C)OC(=O)N1CC[C@@H](NC(=O)[C@@H]2CC[C@@H]3CN2C(=O)N3OCc2ccccc2)C1. The van der Waals surface area contributed by atoms with Crippen molar-refractivity contribution in [1.82, 2.24) is 20.2 Å². The number of amides is 4. The summed E-state index contributed by atoms with van der Waals surface area (Å²) in [7, 11) is 0. The van der Waals surface area contributed by atoms with Gasteiger partial charge >= 0.3 is 12.1 Å². The molecule has 3 heterocycles. The summed E-state index contributed by atoms with van der Waals surface area (Å²) >= 11 is 0. The van der Waals surface area contributed by atoms with Crippen molar-refractivity contribution in [3.8, 4) is 0 Å². The topological polar surface area (TPSA) is 91.4 Å². The van der Waals surface area contributed by atoms with Crippen molar-refractivity contribution in [2.75, 3.05) is 19.6 Å². The molecule has 3 aliphatic rings. The molecule has 0 aliphatic carbocycles. The van der Waals surface area contributed by atoms with Crippen LogP contribution in [-0.4, -0.2) is 76.3 Å². The first kappa shape index (κ1) is 22.4. The minimum absolute atomic E-state index is 0.0376. The zero-order chi connectivity index (χ0) is 22.9. The second-order valence-electron chi connectivity index (χ2n) is 9.69. The molecule has 3 fully saturated rings. The molecule has 0 aromatic heterocycles. The van der Waals surface area contributed by atoms with Crippen LogP contribution in [0.2, 0.25) is 0 Å². The first-order chi connectivity index (χ1) is 15.2. The van der Waals surface area contributed by atoms with E-state index in [0.717, 1.165) is 5.56 Å². The Bertz CT molecular complexity index is 856. The largest absolute Gasteiger partial charge is 0.444 e. The number of hydroxylamine groups is 2. The Kier molecular flexibility index (Phi) is 6.28.